The van der Waals surface area contributed by atoms with Crippen molar-refractivity contribution in [2.24, 2.45) is 5.92 Å². The van der Waals surface area contributed by atoms with Crippen molar-refractivity contribution in [2.75, 3.05) is 26.8 Å². The summed E-state index contributed by atoms with van der Waals surface area (Å²) in [5.41, 5.74) is 0.758. The summed E-state index contributed by atoms with van der Waals surface area (Å²) in [6, 6.07) is 6.99. The molecule has 0 aliphatic carbocycles. The first-order valence-electron chi connectivity index (χ1n) is 7.27. The molecule has 0 unspecified atom stereocenters. The summed E-state index contributed by atoms with van der Waals surface area (Å²) >= 11 is 0. The quantitative estimate of drug-likeness (QED) is 0.646. The van der Waals surface area contributed by atoms with Crippen molar-refractivity contribution in [2.45, 2.75) is 31.7 Å². The number of hydrogen-bond acceptors (Lipinski definition) is 4. The molecule has 0 bridgehead atoms. The van der Waals surface area contributed by atoms with Crippen molar-refractivity contribution < 1.29 is 13.2 Å². The molecule has 2 N–H and O–H groups in total. The zero-order valence-corrected chi connectivity index (χ0v) is 13.9. The standard InChI is InChI=1S/C15H26N2O3S/c1-13(2)8-10-20-11-9-17-21(18,19)15-7-5-4-6-14(15)12-16-3/h4-7,13,16-17H,8-12H2,1-3H3. The maximum absolute atomic E-state index is 12.3. The largest absolute Gasteiger partial charge is 0.380 e. The maximum Gasteiger partial charge on any atom is 0.240 e. The fraction of sp³-hybridized carbons (Fsp3) is 0.600. The lowest BCUT2D eigenvalue weighted by atomic mass is 10.1. The van der Waals surface area contributed by atoms with Gasteiger partial charge in [-0.05, 0) is 31.0 Å². The third-order valence-electron chi connectivity index (χ3n) is 3.01. The van der Waals surface area contributed by atoms with Crippen molar-refractivity contribution in [1.29, 1.82) is 0 Å². The summed E-state index contributed by atoms with van der Waals surface area (Å²) in [4.78, 5) is 0.321. The Morgan fingerprint density at radius 3 is 2.57 bits per heavy atom. The highest BCUT2D eigenvalue weighted by Gasteiger charge is 2.16. The number of nitrogens with one attached hydrogen (secondary N) is 2. The smallest absolute Gasteiger partial charge is 0.240 e. The van der Waals surface area contributed by atoms with Crippen LogP contribution >= 0.6 is 0 Å². The molecule has 1 aromatic carbocycles. The monoisotopic (exact) mass is 314 g/mol. The molecule has 120 valence electrons. The van der Waals surface area contributed by atoms with E-state index in [-0.39, 0.29) is 6.54 Å². The van der Waals surface area contributed by atoms with Gasteiger partial charge in [0, 0.05) is 19.7 Å². The third-order valence-corrected chi connectivity index (χ3v) is 4.57. The molecule has 1 rings (SSSR count). The molecule has 0 atom stereocenters. The van der Waals surface area contributed by atoms with Gasteiger partial charge < -0.3 is 10.1 Å². The molecule has 5 nitrogen and oxygen atoms in total. The topological polar surface area (TPSA) is 67.4 Å². The Morgan fingerprint density at radius 1 is 1.19 bits per heavy atom. The lowest BCUT2D eigenvalue weighted by Gasteiger charge is -2.11. The van der Waals surface area contributed by atoms with Crippen LogP contribution in [-0.4, -0.2) is 35.2 Å². The van der Waals surface area contributed by atoms with E-state index in [4.69, 9.17) is 4.74 Å². The van der Waals surface area contributed by atoms with Crippen LogP contribution in [0.3, 0.4) is 0 Å². The molecule has 0 amide bonds. The molecule has 21 heavy (non-hydrogen) atoms. The lowest BCUT2D eigenvalue weighted by molar-refractivity contribution is 0.128. The van der Waals surface area contributed by atoms with Crippen molar-refractivity contribution >= 4 is 10.0 Å². The fourth-order valence-electron chi connectivity index (χ4n) is 1.85. The normalized spacial score (nSPS) is 12.0. The average molecular weight is 314 g/mol. The van der Waals surface area contributed by atoms with E-state index >= 15 is 0 Å². The van der Waals surface area contributed by atoms with E-state index in [1.165, 1.54) is 0 Å². The van der Waals surface area contributed by atoms with Gasteiger partial charge in [0.15, 0.2) is 0 Å². The van der Waals surface area contributed by atoms with Gasteiger partial charge in [-0.3, -0.25) is 0 Å². The molecular weight excluding hydrogens is 288 g/mol. The summed E-state index contributed by atoms with van der Waals surface area (Å²) < 4.78 is 32.5. The maximum atomic E-state index is 12.3. The molecule has 0 saturated heterocycles. The fourth-order valence-corrected chi connectivity index (χ4v) is 3.10. The first-order chi connectivity index (χ1) is 9.97. The zero-order valence-electron chi connectivity index (χ0n) is 13.1. The van der Waals surface area contributed by atoms with Crippen LogP contribution in [-0.2, 0) is 21.3 Å². The van der Waals surface area contributed by atoms with E-state index in [0.717, 1.165) is 12.0 Å². The van der Waals surface area contributed by atoms with E-state index in [9.17, 15) is 8.42 Å². The predicted octanol–water partition coefficient (Wildman–Crippen LogP) is 1.75. The Kier molecular flexibility index (Phi) is 7.88. The van der Waals surface area contributed by atoms with Crippen LogP contribution in [0.4, 0.5) is 0 Å². The van der Waals surface area contributed by atoms with E-state index in [2.05, 4.69) is 23.9 Å². The first kappa shape index (κ1) is 18.1. The van der Waals surface area contributed by atoms with Crippen LogP contribution in [0.15, 0.2) is 29.2 Å². The summed E-state index contributed by atoms with van der Waals surface area (Å²) in [5.74, 6) is 0.593. The minimum atomic E-state index is -3.49. The van der Waals surface area contributed by atoms with Crippen LogP contribution in [0.5, 0.6) is 0 Å². The summed E-state index contributed by atoms with van der Waals surface area (Å²) in [5, 5.41) is 2.97. The number of sulfonamides is 1. The Labute approximate surface area is 128 Å². The second kappa shape index (κ2) is 9.15. The van der Waals surface area contributed by atoms with Crippen molar-refractivity contribution in [3.63, 3.8) is 0 Å². The van der Waals surface area contributed by atoms with Crippen molar-refractivity contribution in [3.8, 4) is 0 Å². The van der Waals surface area contributed by atoms with E-state index in [1.807, 2.05) is 12.1 Å². The SMILES string of the molecule is CNCc1ccccc1S(=O)(=O)NCCOCCC(C)C. The summed E-state index contributed by atoms with van der Waals surface area (Å²) in [7, 11) is -1.70. The van der Waals surface area contributed by atoms with E-state index < -0.39 is 10.0 Å². The molecule has 0 fully saturated rings. The summed E-state index contributed by atoms with van der Waals surface area (Å²) in [6.07, 6.45) is 0.984. The summed E-state index contributed by atoms with van der Waals surface area (Å²) in [6.45, 7) is 6.11. The van der Waals surface area contributed by atoms with Gasteiger partial charge in [0.2, 0.25) is 10.0 Å². The van der Waals surface area contributed by atoms with Crippen LogP contribution in [0.1, 0.15) is 25.8 Å². The first-order valence-corrected chi connectivity index (χ1v) is 8.75. The van der Waals surface area contributed by atoms with Crippen LogP contribution in [0, 0.1) is 5.92 Å². The van der Waals surface area contributed by atoms with Crippen molar-refractivity contribution in [3.05, 3.63) is 29.8 Å². The van der Waals surface area contributed by atoms with Gasteiger partial charge in [0.1, 0.15) is 0 Å². The lowest BCUT2D eigenvalue weighted by Crippen LogP contribution is -2.29. The molecule has 6 heteroatoms. The average Bonchev–Trinajstić information content (AvgIpc) is 2.43. The molecule has 1 aromatic rings. The third kappa shape index (κ3) is 6.56. The number of benzene rings is 1. The van der Waals surface area contributed by atoms with Gasteiger partial charge in [0.05, 0.1) is 11.5 Å². The van der Waals surface area contributed by atoms with Gasteiger partial charge in [-0.15, -0.1) is 0 Å². The molecular formula is C15H26N2O3S. The molecule has 0 saturated carbocycles. The minimum Gasteiger partial charge on any atom is -0.380 e. The van der Waals surface area contributed by atoms with Crippen molar-refractivity contribution in [1.82, 2.24) is 10.0 Å². The molecule has 0 aromatic heterocycles. The molecule has 0 aliphatic rings. The predicted molar refractivity (Wildman–Crippen MR) is 84.7 cm³/mol. The van der Waals surface area contributed by atoms with Crippen LogP contribution in [0.25, 0.3) is 0 Å². The van der Waals surface area contributed by atoms with Gasteiger partial charge in [-0.25, -0.2) is 13.1 Å². The Bertz CT molecular complexity index is 515. The van der Waals surface area contributed by atoms with E-state index in [1.54, 1.807) is 19.2 Å². The molecule has 0 aliphatic heterocycles. The molecule has 0 spiro atoms. The Morgan fingerprint density at radius 2 is 1.90 bits per heavy atom. The van der Waals surface area contributed by atoms with Crippen LogP contribution < -0.4 is 10.0 Å². The highest BCUT2D eigenvalue weighted by molar-refractivity contribution is 7.89. The van der Waals surface area contributed by atoms with Gasteiger partial charge in [-0.2, -0.15) is 0 Å². The molecule has 0 heterocycles. The number of hydrogen-bond donors (Lipinski definition) is 2. The van der Waals surface area contributed by atoms with Crippen LogP contribution in [0.2, 0.25) is 0 Å². The zero-order chi connectivity index (χ0) is 15.7. The Hall–Kier alpha value is -0.950. The minimum absolute atomic E-state index is 0.286. The van der Waals surface area contributed by atoms with Gasteiger partial charge >= 0.3 is 0 Å². The second-order valence-corrected chi connectivity index (χ2v) is 7.07. The highest BCUT2D eigenvalue weighted by Crippen LogP contribution is 2.14. The number of rotatable bonds is 10. The van der Waals surface area contributed by atoms with E-state index in [0.29, 0.717) is 30.6 Å². The van der Waals surface area contributed by atoms with Gasteiger partial charge in [-0.1, -0.05) is 32.0 Å². The Balaban J connectivity index is 2.50. The second-order valence-electron chi connectivity index (χ2n) is 5.33. The molecule has 0 radical (unpaired) electrons. The highest BCUT2D eigenvalue weighted by atomic mass is 32.2. The van der Waals surface area contributed by atoms with Gasteiger partial charge in [0.25, 0.3) is 0 Å². The number of ether oxygens (including phenoxy) is 1.